The molecule has 1 amide bonds. The highest BCUT2D eigenvalue weighted by atomic mass is 19.4. The molecule has 2 rings (SSSR count). The Bertz CT molecular complexity index is 636. The Morgan fingerprint density at radius 3 is 2.29 bits per heavy atom. The van der Waals surface area contributed by atoms with E-state index in [0.29, 0.717) is 5.56 Å². The van der Waals surface area contributed by atoms with Crippen LogP contribution in [0.15, 0.2) is 48.5 Å². The van der Waals surface area contributed by atoms with Gasteiger partial charge in [0.1, 0.15) is 0 Å². The molecule has 0 spiro atoms. The molecule has 110 valence electrons. The fourth-order valence-corrected chi connectivity index (χ4v) is 2.12. The number of rotatable bonds is 3. The molecule has 2 aromatic rings. The van der Waals surface area contributed by atoms with Crippen LogP contribution in [0.5, 0.6) is 0 Å². The van der Waals surface area contributed by atoms with Crippen LogP contribution in [0.4, 0.5) is 13.2 Å². The number of benzene rings is 2. The fraction of sp³-hybridized carbons (Fsp3) is 0.188. The van der Waals surface area contributed by atoms with Crippen molar-refractivity contribution in [1.29, 1.82) is 0 Å². The molecule has 0 fully saturated rings. The topological polar surface area (TPSA) is 29.1 Å². The summed E-state index contributed by atoms with van der Waals surface area (Å²) in [4.78, 5) is 11.7. The summed E-state index contributed by atoms with van der Waals surface area (Å²) in [5, 5.41) is 2.36. The quantitative estimate of drug-likeness (QED) is 0.916. The average molecular weight is 293 g/mol. The van der Waals surface area contributed by atoms with Gasteiger partial charge < -0.3 is 5.32 Å². The smallest absolute Gasteiger partial charge is 0.355 e. The fourth-order valence-electron chi connectivity index (χ4n) is 2.12. The van der Waals surface area contributed by atoms with E-state index < -0.39 is 18.5 Å². The van der Waals surface area contributed by atoms with Gasteiger partial charge in [-0.2, -0.15) is 13.2 Å². The van der Waals surface area contributed by atoms with E-state index in [1.165, 1.54) is 19.2 Å². The molecule has 0 aliphatic carbocycles. The summed E-state index contributed by atoms with van der Waals surface area (Å²) in [5.74, 6) is -0.520. The van der Waals surface area contributed by atoms with Gasteiger partial charge in [-0.25, -0.2) is 0 Å². The Morgan fingerprint density at radius 2 is 1.71 bits per heavy atom. The summed E-state index contributed by atoms with van der Waals surface area (Å²) < 4.78 is 38.1. The van der Waals surface area contributed by atoms with Crippen molar-refractivity contribution >= 4 is 5.91 Å². The number of alkyl halides is 3. The monoisotopic (exact) mass is 293 g/mol. The molecule has 5 heteroatoms. The summed E-state index contributed by atoms with van der Waals surface area (Å²) in [6.45, 7) is 0. The maximum absolute atomic E-state index is 12.7. The molecule has 0 aliphatic rings. The maximum Gasteiger partial charge on any atom is 0.393 e. The number of hydrogen-bond donors (Lipinski definition) is 1. The average Bonchev–Trinajstić information content (AvgIpc) is 2.45. The van der Waals surface area contributed by atoms with Crippen molar-refractivity contribution in [3.63, 3.8) is 0 Å². The SMILES string of the molecule is CNC(=O)c1ccc(-c2ccccc2)cc1CC(F)(F)F. The van der Waals surface area contributed by atoms with E-state index in [4.69, 9.17) is 0 Å². The maximum atomic E-state index is 12.7. The Morgan fingerprint density at radius 1 is 1.05 bits per heavy atom. The van der Waals surface area contributed by atoms with Crippen molar-refractivity contribution in [2.75, 3.05) is 7.05 Å². The van der Waals surface area contributed by atoms with Gasteiger partial charge in [0, 0.05) is 12.6 Å². The van der Waals surface area contributed by atoms with Crippen molar-refractivity contribution in [2.24, 2.45) is 0 Å². The van der Waals surface area contributed by atoms with Gasteiger partial charge in [-0.05, 0) is 22.8 Å². The van der Waals surface area contributed by atoms with Gasteiger partial charge in [-0.1, -0.05) is 42.5 Å². The summed E-state index contributed by atoms with van der Waals surface area (Å²) in [6.07, 6.45) is -5.49. The predicted octanol–water partition coefficient (Wildman–Crippen LogP) is 3.82. The molecular formula is C16H14F3NO. The van der Waals surface area contributed by atoms with E-state index in [0.717, 1.165) is 5.56 Å². The second kappa shape index (κ2) is 5.99. The van der Waals surface area contributed by atoms with Crippen molar-refractivity contribution < 1.29 is 18.0 Å². The van der Waals surface area contributed by atoms with Gasteiger partial charge in [0.15, 0.2) is 0 Å². The minimum Gasteiger partial charge on any atom is -0.355 e. The number of carbonyl (C=O) groups excluding carboxylic acids is 1. The lowest BCUT2D eigenvalue weighted by atomic mass is 9.97. The normalized spacial score (nSPS) is 11.2. The Hall–Kier alpha value is -2.30. The highest BCUT2D eigenvalue weighted by Gasteiger charge is 2.30. The van der Waals surface area contributed by atoms with Crippen molar-refractivity contribution in [3.05, 3.63) is 59.7 Å². The molecule has 0 atom stereocenters. The molecule has 0 saturated heterocycles. The van der Waals surface area contributed by atoms with Crippen molar-refractivity contribution in [3.8, 4) is 11.1 Å². The zero-order chi connectivity index (χ0) is 15.5. The van der Waals surface area contributed by atoms with E-state index in [2.05, 4.69) is 5.32 Å². The highest BCUT2D eigenvalue weighted by molar-refractivity contribution is 5.96. The van der Waals surface area contributed by atoms with Gasteiger partial charge in [-0.15, -0.1) is 0 Å². The van der Waals surface area contributed by atoms with Crippen LogP contribution in [0.3, 0.4) is 0 Å². The molecule has 0 heterocycles. The van der Waals surface area contributed by atoms with Crippen LogP contribution in [0.2, 0.25) is 0 Å². The second-order valence-corrected chi connectivity index (χ2v) is 4.61. The van der Waals surface area contributed by atoms with Crippen LogP contribution in [0.1, 0.15) is 15.9 Å². The number of nitrogens with one attached hydrogen (secondary N) is 1. The Balaban J connectivity index is 2.48. The minimum atomic E-state index is -4.36. The lowest BCUT2D eigenvalue weighted by molar-refractivity contribution is -0.127. The first kappa shape index (κ1) is 15.1. The molecule has 2 nitrogen and oxygen atoms in total. The summed E-state index contributed by atoms with van der Waals surface area (Å²) >= 11 is 0. The van der Waals surface area contributed by atoms with Crippen LogP contribution in [0.25, 0.3) is 11.1 Å². The van der Waals surface area contributed by atoms with E-state index in [1.807, 2.05) is 30.3 Å². The zero-order valence-electron chi connectivity index (χ0n) is 11.4. The first-order valence-corrected chi connectivity index (χ1v) is 6.38. The first-order chi connectivity index (χ1) is 9.90. The van der Waals surface area contributed by atoms with Gasteiger partial charge in [0.05, 0.1) is 6.42 Å². The Kier molecular flexibility index (Phi) is 4.31. The molecular weight excluding hydrogens is 279 g/mol. The van der Waals surface area contributed by atoms with Gasteiger partial charge in [0.2, 0.25) is 0 Å². The number of carbonyl (C=O) groups is 1. The zero-order valence-corrected chi connectivity index (χ0v) is 11.4. The lowest BCUT2D eigenvalue weighted by Gasteiger charge is -2.13. The molecule has 2 aromatic carbocycles. The van der Waals surface area contributed by atoms with Crippen molar-refractivity contribution in [1.82, 2.24) is 5.32 Å². The molecule has 1 N–H and O–H groups in total. The highest BCUT2D eigenvalue weighted by Crippen LogP contribution is 2.28. The standard InChI is InChI=1S/C16H14F3NO/c1-20-15(21)14-8-7-12(11-5-3-2-4-6-11)9-13(14)10-16(17,18)19/h2-9H,10H2,1H3,(H,20,21). The number of halogens is 3. The second-order valence-electron chi connectivity index (χ2n) is 4.61. The molecule has 0 aromatic heterocycles. The first-order valence-electron chi connectivity index (χ1n) is 6.38. The molecule has 0 aliphatic heterocycles. The van der Waals surface area contributed by atoms with Crippen LogP contribution < -0.4 is 5.32 Å². The largest absolute Gasteiger partial charge is 0.393 e. The molecule has 0 saturated carbocycles. The summed E-state index contributed by atoms with van der Waals surface area (Å²) in [6, 6.07) is 13.6. The van der Waals surface area contributed by atoms with Gasteiger partial charge in [0.25, 0.3) is 5.91 Å². The molecule has 0 unspecified atom stereocenters. The van der Waals surface area contributed by atoms with Gasteiger partial charge in [-0.3, -0.25) is 4.79 Å². The van der Waals surface area contributed by atoms with Crippen LogP contribution in [0, 0.1) is 0 Å². The third-order valence-electron chi connectivity index (χ3n) is 3.07. The van der Waals surface area contributed by atoms with E-state index in [1.54, 1.807) is 6.07 Å². The van der Waals surface area contributed by atoms with Gasteiger partial charge >= 0.3 is 6.18 Å². The number of hydrogen-bond acceptors (Lipinski definition) is 1. The molecule has 0 bridgehead atoms. The third kappa shape index (κ3) is 3.84. The predicted molar refractivity (Wildman–Crippen MR) is 75.0 cm³/mol. The van der Waals surface area contributed by atoms with E-state index >= 15 is 0 Å². The minimum absolute atomic E-state index is 0.0248. The van der Waals surface area contributed by atoms with E-state index in [-0.39, 0.29) is 11.1 Å². The summed E-state index contributed by atoms with van der Waals surface area (Å²) in [5.41, 5.74) is 1.49. The number of amides is 1. The van der Waals surface area contributed by atoms with Crippen LogP contribution >= 0.6 is 0 Å². The van der Waals surface area contributed by atoms with Crippen LogP contribution in [-0.2, 0) is 6.42 Å². The van der Waals surface area contributed by atoms with Crippen molar-refractivity contribution in [2.45, 2.75) is 12.6 Å². The van der Waals surface area contributed by atoms with E-state index in [9.17, 15) is 18.0 Å². The lowest BCUT2D eigenvalue weighted by Crippen LogP contribution is -2.22. The molecule has 21 heavy (non-hydrogen) atoms. The summed E-state index contributed by atoms with van der Waals surface area (Å²) in [7, 11) is 1.39. The molecule has 0 radical (unpaired) electrons. The van der Waals surface area contributed by atoms with Crippen LogP contribution in [-0.4, -0.2) is 19.1 Å². The third-order valence-corrected chi connectivity index (χ3v) is 3.07. The Labute approximate surface area is 120 Å².